The molecule has 0 bridgehead atoms. The molecular weight excluding hydrogens is 424 g/mol. The van der Waals surface area contributed by atoms with E-state index in [1.165, 1.54) is 0 Å². The number of rotatable bonds is 7. The molecule has 0 saturated heterocycles. The van der Waals surface area contributed by atoms with Crippen molar-refractivity contribution in [3.63, 3.8) is 0 Å². The Balaban J connectivity index is 1.39. The summed E-state index contributed by atoms with van der Waals surface area (Å²) in [6.45, 7) is 3.77. The third-order valence-electron chi connectivity index (χ3n) is 5.34. The number of nitrogens with one attached hydrogen (secondary N) is 2. The lowest BCUT2D eigenvalue weighted by Gasteiger charge is -2.09. The van der Waals surface area contributed by atoms with E-state index in [0.717, 1.165) is 35.4 Å². The van der Waals surface area contributed by atoms with Crippen LogP contribution in [0.2, 0.25) is 0 Å². The summed E-state index contributed by atoms with van der Waals surface area (Å²) >= 11 is 0. The van der Waals surface area contributed by atoms with E-state index < -0.39 is 0 Å². The summed E-state index contributed by atoms with van der Waals surface area (Å²) in [5.74, 6) is 0.685. The fourth-order valence-corrected chi connectivity index (χ4v) is 3.63. The van der Waals surface area contributed by atoms with E-state index in [1.54, 1.807) is 24.3 Å². The molecule has 0 saturated carbocycles. The van der Waals surface area contributed by atoms with Gasteiger partial charge in [0.1, 0.15) is 11.6 Å². The van der Waals surface area contributed by atoms with Crippen LogP contribution in [0.15, 0.2) is 84.9 Å². The Morgan fingerprint density at radius 1 is 0.618 bits per heavy atom. The van der Waals surface area contributed by atoms with Crippen molar-refractivity contribution in [3.05, 3.63) is 119 Å². The van der Waals surface area contributed by atoms with Gasteiger partial charge in [0.05, 0.1) is 0 Å². The standard InChI is InChI=1S/C28H26N4O2/c1-19-7-3-13-25(29-19)31-27(33)23-11-5-9-21(17-23)15-16-22-10-6-12-24(18-22)28(34)32-26-14-4-8-20(2)30-26/h3-14,17-18H,15-16H2,1-2H3,(H,29,31,33)(H,30,32,34). The summed E-state index contributed by atoms with van der Waals surface area (Å²) in [5.41, 5.74) is 4.95. The fraction of sp³-hybridized carbons (Fsp3) is 0.143. The summed E-state index contributed by atoms with van der Waals surface area (Å²) < 4.78 is 0. The normalized spacial score (nSPS) is 10.5. The van der Waals surface area contributed by atoms with Crippen LogP contribution in [0.5, 0.6) is 0 Å². The number of amides is 2. The monoisotopic (exact) mass is 450 g/mol. The van der Waals surface area contributed by atoms with Crippen molar-refractivity contribution >= 4 is 23.5 Å². The molecular formula is C28H26N4O2. The third kappa shape index (κ3) is 6.13. The Hall–Kier alpha value is -4.32. The molecule has 2 aromatic heterocycles. The second-order valence-electron chi connectivity index (χ2n) is 8.14. The second kappa shape index (κ2) is 10.5. The van der Waals surface area contributed by atoms with Gasteiger partial charge in [-0.15, -0.1) is 0 Å². The molecule has 0 atom stereocenters. The Morgan fingerprint density at radius 3 is 1.44 bits per heavy atom. The summed E-state index contributed by atoms with van der Waals surface area (Å²) in [6.07, 6.45) is 1.49. The van der Waals surface area contributed by atoms with Crippen molar-refractivity contribution in [3.8, 4) is 0 Å². The molecule has 0 aliphatic carbocycles. The van der Waals surface area contributed by atoms with Gasteiger partial charge in [0, 0.05) is 22.5 Å². The van der Waals surface area contributed by atoms with E-state index >= 15 is 0 Å². The number of hydrogen-bond donors (Lipinski definition) is 2. The number of anilines is 2. The number of benzene rings is 2. The van der Waals surface area contributed by atoms with Gasteiger partial charge >= 0.3 is 0 Å². The second-order valence-corrected chi connectivity index (χ2v) is 8.14. The average molecular weight is 451 g/mol. The van der Waals surface area contributed by atoms with Gasteiger partial charge in [-0.3, -0.25) is 9.59 Å². The Bertz CT molecular complexity index is 1230. The quantitative estimate of drug-likeness (QED) is 0.396. The largest absolute Gasteiger partial charge is 0.307 e. The van der Waals surface area contributed by atoms with Crippen LogP contribution in [0.3, 0.4) is 0 Å². The minimum absolute atomic E-state index is 0.191. The van der Waals surface area contributed by atoms with Crippen LogP contribution in [-0.2, 0) is 12.8 Å². The molecule has 2 aromatic carbocycles. The molecule has 4 rings (SSSR count). The molecule has 0 aliphatic rings. The van der Waals surface area contributed by atoms with Gasteiger partial charge < -0.3 is 10.6 Å². The summed E-state index contributed by atoms with van der Waals surface area (Å²) in [5, 5.41) is 5.69. The minimum atomic E-state index is -0.191. The lowest BCUT2D eigenvalue weighted by molar-refractivity contribution is 0.101. The first-order valence-electron chi connectivity index (χ1n) is 11.1. The van der Waals surface area contributed by atoms with Crippen molar-refractivity contribution in [2.24, 2.45) is 0 Å². The Labute approximate surface area is 199 Å². The van der Waals surface area contributed by atoms with E-state index in [0.29, 0.717) is 22.8 Å². The van der Waals surface area contributed by atoms with Crippen LogP contribution >= 0.6 is 0 Å². The maximum atomic E-state index is 12.6. The van der Waals surface area contributed by atoms with Crippen LogP contribution < -0.4 is 10.6 Å². The van der Waals surface area contributed by atoms with Crippen LogP contribution in [0.4, 0.5) is 11.6 Å². The van der Waals surface area contributed by atoms with Gasteiger partial charge in [0.25, 0.3) is 11.8 Å². The van der Waals surface area contributed by atoms with E-state index in [9.17, 15) is 9.59 Å². The Kier molecular flexibility index (Phi) is 7.08. The van der Waals surface area contributed by atoms with Gasteiger partial charge in [-0.25, -0.2) is 9.97 Å². The highest BCUT2D eigenvalue weighted by Crippen LogP contribution is 2.14. The SMILES string of the molecule is Cc1cccc(NC(=O)c2cccc(CCc3cccc(C(=O)Nc4cccc(C)n4)c3)c2)n1. The number of nitrogens with zero attached hydrogens (tertiary/aromatic N) is 2. The van der Waals surface area contributed by atoms with Crippen molar-refractivity contribution in [1.29, 1.82) is 0 Å². The highest BCUT2D eigenvalue weighted by atomic mass is 16.2. The predicted molar refractivity (Wildman–Crippen MR) is 134 cm³/mol. The number of hydrogen-bond acceptors (Lipinski definition) is 4. The minimum Gasteiger partial charge on any atom is -0.307 e. The maximum Gasteiger partial charge on any atom is 0.256 e. The molecule has 2 amide bonds. The molecule has 170 valence electrons. The van der Waals surface area contributed by atoms with Crippen LogP contribution in [0, 0.1) is 13.8 Å². The zero-order chi connectivity index (χ0) is 23.9. The van der Waals surface area contributed by atoms with Crippen molar-refractivity contribution < 1.29 is 9.59 Å². The van der Waals surface area contributed by atoms with Crippen LogP contribution in [-0.4, -0.2) is 21.8 Å². The van der Waals surface area contributed by atoms with Crippen molar-refractivity contribution in [2.75, 3.05) is 10.6 Å². The molecule has 0 aliphatic heterocycles. The van der Waals surface area contributed by atoms with E-state index in [1.807, 2.05) is 74.5 Å². The van der Waals surface area contributed by atoms with Gasteiger partial charge in [-0.2, -0.15) is 0 Å². The molecule has 34 heavy (non-hydrogen) atoms. The molecule has 6 nitrogen and oxygen atoms in total. The van der Waals surface area contributed by atoms with Crippen LogP contribution in [0.25, 0.3) is 0 Å². The zero-order valence-corrected chi connectivity index (χ0v) is 19.2. The number of pyridine rings is 2. The maximum absolute atomic E-state index is 12.6. The first-order chi connectivity index (χ1) is 16.5. The lowest BCUT2D eigenvalue weighted by atomic mass is 10.0. The predicted octanol–water partition coefficient (Wildman–Crippen LogP) is 5.38. The van der Waals surface area contributed by atoms with E-state index in [4.69, 9.17) is 0 Å². The van der Waals surface area contributed by atoms with E-state index in [-0.39, 0.29) is 11.8 Å². The third-order valence-corrected chi connectivity index (χ3v) is 5.34. The molecule has 0 spiro atoms. The van der Waals surface area contributed by atoms with E-state index in [2.05, 4.69) is 20.6 Å². The molecule has 2 heterocycles. The summed E-state index contributed by atoms with van der Waals surface area (Å²) in [7, 11) is 0. The smallest absolute Gasteiger partial charge is 0.256 e. The molecule has 6 heteroatoms. The first-order valence-corrected chi connectivity index (χ1v) is 11.1. The Morgan fingerprint density at radius 2 is 1.03 bits per heavy atom. The fourth-order valence-electron chi connectivity index (χ4n) is 3.63. The topological polar surface area (TPSA) is 84.0 Å². The molecule has 2 N–H and O–H groups in total. The van der Waals surface area contributed by atoms with Crippen molar-refractivity contribution in [2.45, 2.75) is 26.7 Å². The van der Waals surface area contributed by atoms with Gasteiger partial charge in [0.15, 0.2) is 0 Å². The zero-order valence-electron chi connectivity index (χ0n) is 19.2. The average Bonchev–Trinajstić information content (AvgIpc) is 2.83. The number of carbonyl (C=O) groups is 2. The highest BCUT2D eigenvalue weighted by Gasteiger charge is 2.10. The molecule has 0 fully saturated rings. The van der Waals surface area contributed by atoms with Gasteiger partial charge in [-0.05, 0) is 86.3 Å². The molecule has 4 aromatic rings. The number of carbonyl (C=O) groups excluding carboxylic acids is 2. The summed E-state index contributed by atoms with van der Waals surface area (Å²) in [6, 6.07) is 26.2. The molecule has 0 radical (unpaired) electrons. The highest BCUT2D eigenvalue weighted by molar-refractivity contribution is 6.04. The first kappa shape index (κ1) is 22.9. The number of aryl methyl sites for hydroxylation is 4. The van der Waals surface area contributed by atoms with Crippen molar-refractivity contribution in [1.82, 2.24) is 9.97 Å². The van der Waals surface area contributed by atoms with Gasteiger partial charge in [0.2, 0.25) is 0 Å². The van der Waals surface area contributed by atoms with Crippen LogP contribution in [0.1, 0.15) is 43.2 Å². The summed E-state index contributed by atoms with van der Waals surface area (Å²) in [4.78, 5) is 33.9. The number of aromatic nitrogens is 2. The lowest BCUT2D eigenvalue weighted by Crippen LogP contribution is -2.14. The molecule has 0 unspecified atom stereocenters. The van der Waals surface area contributed by atoms with Gasteiger partial charge in [-0.1, -0.05) is 36.4 Å².